The predicted octanol–water partition coefficient (Wildman–Crippen LogP) is 2.63. The van der Waals surface area contributed by atoms with Crippen LogP contribution in [0.1, 0.15) is 43.9 Å². The summed E-state index contributed by atoms with van der Waals surface area (Å²) in [6, 6.07) is 0.194. The summed E-state index contributed by atoms with van der Waals surface area (Å²) in [5.74, 6) is -0.113. The highest BCUT2D eigenvalue weighted by Crippen LogP contribution is 2.23. The van der Waals surface area contributed by atoms with E-state index < -0.39 is 5.97 Å². The van der Waals surface area contributed by atoms with E-state index in [1.54, 1.807) is 20.0 Å². The Labute approximate surface area is 147 Å². The summed E-state index contributed by atoms with van der Waals surface area (Å²) in [4.78, 5) is 23.6. The fourth-order valence-corrected chi connectivity index (χ4v) is 3.08. The molecule has 1 saturated carbocycles. The predicted molar refractivity (Wildman–Crippen MR) is 92.5 cm³/mol. The van der Waals surface area contributed by atoms with Gasteiger partial charge in [0, 0.05) is 24.7 Å². The molecule has 6 nitrogen and oxygen atoms in total. The van der Waals surface area contributed by atoms with E-state index in [4.69, 9.17) is 16.3 Å². The van der Waals surface area contributed by atoms with Crippen molar-refractivity contribution >= 4 is 29.6 Å². The molecule has 7 heteroatoms. The lowest BCUT2D eigenvalue weighted by Crippen LogP contribution is -2.39. The normalized spacial score (nSPS) is 21.0. The number of carbonyl (C=O) groups is 2. The minimum absolute atomic E-state index is 0.194. The molecule has 1 heterocycles. The molecule has 132 valence electrons. The Balaban J connectivity index is 1.76. The van der Waals surface area contributed by atoms with Crippen molar-refractivity contribution in [3.8, 4) is 0 Å². The number of rotatable bonds is 5. The fraction of sp³-hybridized carbons (Fsp3) is 0.588. The second kappa shape index (κ2) is 8.33. The number of amides is 1. The number of nitrogens with zero attached hydrogens (tertiary/aromatic N) is 2. The molecule has 1 aromatic rings. The molecule has 1 fully saturated rings. The zero-order valence-electron chi connectivity index (χ0n) is 14.3. The lowest BCUT2D eigenvalue weighted by Gasteiger charge is -2.26. The van der Waals surface area contributed by atoms with Gasteiger partial charge in [-0.1, -0.05) is 18.5 Å². The van der Waals surface area contributed by atoms with Gasteiger partial charge in [0.05, 0.1) is 5.69 Å². The van der Waals surface area contributed by atoms with Gasteiger partial charge in [0.2, 0.25) is 0 Å². The van der Waals surface area contributed by atoms with Crippen LogP contribution in [0.2, 0.25) is 5.15 Å². The van der Waals surface area contributed by atoms with Crippen molar-refractivity contribution in [3.05, 3.63) is 22.5 Å². The Morgan fingerprint density at radius 3 is 2.62 bits per heavy atom. The van der Waals surface area contributed by atoms with Gasteiger partial charge in [-0.3, -0.25) is 9.48 Å². The van der Waals surface area contributed by atoms with Crippen LogP contribution >= 0.6 is 11.6 Å². The van der Waals surface area contributed by atoms with Gasteiger partial charge in [0.15, 0.2) is 6.61 Å². The number of aryl methyl sites for hydroxylation is 2. The highest BCUT2D eigenvalue weighted by Gasteiger charge is 2.20. The van der Waals surface area contributed by atoms with Crippen LogP contribution in [0.25, 0.3) is 6.08 Å². The number of hydrogen-bond donors (Lipinski definition) is 1. The summed E-state index contributed by atoms with van der Waals surface area (Å²) in [5, 5.41) is 7.51. The molecule has 1 N–H and O–H groups in total. The summed E-state index contributed by atoms with van der Waals surface area (Å²) in [7, 11) is 1.72. The second-order valence-electron chi connectivity index (χ2n) is 6.38. The number of ether oxygens (including phenoxy) is 1. The number of halogens is 1. The van der Waals surface area contributed by atoms with Gasteiger partial charge in [-0.25, -0.2) is 4.79 Å². The molecule has 1 amide bonds. The molecule has 0 aromatic carbocycles. The zero-order valence-corrected chi connectivity index (χ0v) is 15.1. The average Bonchev–Trinajstić information content (AvgIpc) is 2.78. The maximum absolute atomic E-state index is 11.8. The van der Waals surface area contributed by atoms with Crippen molar-refractivity contribution < 1.29 is 14.3 Å². The van der Waals surface area contributed by atoms with Gasteiger partial charge in [-0.15, -0.1) is 0 Å². The van der Waals surface area contributed by atoms with Gasteiger partial charge in [0.25, 0.3) is 5.91 Å². The molecule has 24 heavy (non-hydrogen) atoms. The Morgan fingerprint density at radius 2 is 2.04 bits per heavy atom. The quantitative estimate of drug-likeness (QED) is 0.652. The Hall–Kier alpha value is -1.82. The van der Waals surface area contributed by atoms with Crippen LogP contribution in [0.3, 0.4) is 0 Å². The third-order valence-electron chi connectivity index (χ3n) is 4.31. The molecular weight excluding hydrogens is 330 g/mol. The van der Waals surface area contributed by atoms with E-state index in [0.717, 1.165) is 37.3 Å². The van der Waals surface area contributed by atoms with E-state index in [-0.39, 0.29) is 18.6 Å². The first-order valence-electron chi connectivity index (χ1n) is 8.20. The van der Waals surface area contributed by atoms with Gasteiger partial charge in [0.1, 0.15) is 5.15 Å². The molecule has 1 aliphatic rings. The molecule has 0 aliphatic heterocycles. The van der Waals surface area contributed by atoms with Crippen molar-refractivity contribution in [2.45, 2.75) is 45.6 Å². The maximum Gasteiger partial charge on any atom is 0.331 e. The smallest absolute Gasteiger partial charge is 0.331 e. The first-order valence-corrected chi connectivity index (χ1v) is 8.58. The molecule has 0 spiro atoms. The summed E-state index contributed by atoms with van der Waals surface area (Å²) >= 11 is 6.08. The second-order valence-corrected chi connectivity index (χ2v) is 6.74. The van der Waals surface area contributed by atoms with Crippen molar-refractivity contribution in [1.82, 2.24) is 15.1 Å². The van der Waals surface area contributed by atoms with Gasteiger partial charge >= 0.3 is 5.97 Å². The Bertz CT molecular complexity index is 631. The minimum atomic E-state index is -0.582. The van der Waals surface area contributed by atoms with Crippen LogP contribution in [0.5, 0.6) is 0 Å². The topological polar surface area (TPSA) is 73.2 Å². The molecule has 0 atom stereocenters. The largest absolute Gasteiger partial charge is 0.452 e. The van der Waals surface area contributed by atoms with Crippen molar-refractivity contribution in [1.29, 1.82) is 0 Å². The Kier molecular flexibility index (Phi) is 6.43. The van der Waals surface area contributed by atoms with E-state index in [1.807, 2.05) is 0 Å². The maximum atomic E-state index is 11.8. The van der Waals surface area contributed by atoms with Gasteiger partial charge in [-0.2, -0.15) is 5.10 Å². The first-order chi connectivity index (χ1) is 11.4. The van der Waals surface area contributed by atoms with E-state index >= 15 is 0 Å². The zero-order chi connectivity index (χ0) is 17.7. The van der Waals surface area contributed by atoms with Gasteiger partial charge < -0.3 is 10.1 Å². The number of aromatic nitrogens is 2. The molecular formula is C17H24ClN3O3. The molecule has 0 bridgehead atoms. The van der Waals surface area contributed by atoms with E-state index in [1.165, 1.54) is 10.8 Å². The summed E-state index contributed by atoms with van der Waals surface area (Å²) < 4.78 is 6.49. The number of carbonyl (C=O) groups excluding carboxylic acids is 2. The first kappa shape index (κ1) is 18.5. The van der Waals surface area contributed by atoms with Crippen LogP contribution in [0.4, 0.5) is 0 Å². The molecule has 1 aromatic heterocycles. The molecule has 2 rings (SSSR count). The van der Waals surface area contributed by atoms with Crippen molar-refractivity contribution in [2.75, 3.05) is 6.61 Å². The van der Waals surface area contributed by atoms with Gasteiger partial charge in [-0.05, 0) is 44.6 Å². The standard InChI is InChI=1S/C17H24ClN3O3/c1-11-4-6-13(7-5-11)19-15(22)10-24-16(23)9-8-14-12(2)20-21(3)17(14)18/h8-9,11,13H,4-7,10H2,1-3H3,(H,19,22)/b9-8+. The number of esters is 1. The third kappa shape index (κ3) is 5.09. The van der Waals surface area contributed by atoms with Crippen LogP contribution in [-0.4, -0.2) is 34.3 Å². The molecule has 0 radical (unpaired) electrons. The highest BCUT2D eigenvalue weighted by molar-refractivity contribution is 6.31. The molecule has 0 saturated heterocycles. The van der Waals surface area contributed by atoms with Crippen molar-refractivity contribution in [3.63, 3.8) is 0 Å². The van der Waals surface area contributed by atoms with Crippen molar-refractivity contribution in [2.24, 2.45) is 13.0 Å². The SMILES string of the molecule is Cc1nn(C)c(Cl)c1/C=C/C(=O)OCC(=O)NC1CCC(C)CC1. The Morgan fingerprint density at radius 1 is 1.38 bits per heavy atom. The van der Waals surface area contributed by atoms with E-state index in [9.17, 15) is 9.59 Å². The molecule has 0 unspecified atom stereocenters. The lowest BCUT2D eigenvalue weighted by molar-refractivity contribution is -0.144. The van der Waals surface area contributed by atoms with Crippen LogP contribution < -0.4 is 5.32 Å². The monoisotopic (exact) mass is 353 g/mol. The highest BCUT2D eigenvalue weighted by atomic mass is 35.5. The molecule has 1 aliphatic carbocycles. The number of nitrogens with one attached hydrogen (secondary N) is 1. The third-order valence-corrected chi connectivity index (χ3v) is 4.76. The van der Waals surface area contributed by atoms with E-state index in [0.29, 0.717) is 10.7 Å². The van der Waals surface area contributed by atoms with Crippen LogP contribution in [0.15, 0.2) is 6.08 Å². The minimum Gasteiger partial charge on any atom is -0.452 e. The average molecular weight is 354 g/mol. The van der Waals surface area contributed by atoms with Crippen LogP contribution in [0, 0.1) is 12.8 Å². The number of hydrogen-bond acceptors (Lipinski definition) is 4. The lowest BCUT2D eigenvalue weighted by atomic mass is 9.87. The van der Waals surface area contributed by atoms with Crippen LogP contribution in [-0.2, 0) is 21.4 Å². The summed E-state index contributed by atoms with van der Waals surface area (Å²) in [6.45, 7) is 3.76. The van der Waals surface area contributed by atoms with E-state index in [2.05, 4.69) is 17.3 Å². The summed E-state index contributed by atoms with van der Waals surface area (Å²) in [5.41, 5.74) is 1.38. The summed E-state index contributed by atoms with van der Waals surface area (Å²) in [6.07, 6.45) is 7.02. The fourth-order valence-electron chi connectivity index (χ4n) is 2.85.